The number of carbonyl (C=O) groups excluding carboxylic acids is 1. The second-order valence-electron chi connectivity index (χ2n) is 5.97. The Balaban J connectivity index is 1.73. The summed E-state index contributed by atoms with van der Waals surface area (Å²) < 4.78 is 49.2. The Morgan fingerprint density at radius 1 is 1.08 bits per heavy atom. The molecule has 0 aliphatic carbocycles. The van der Waals surface area contributed by atoms with Crippen LogP contribution in [0.5, 0.6) is 0 Å². The van der Waals surface area contributed by atoms with Gasteiger partial charge >= 0.3 is 5.76 Å². The van der Waals surface area contributed by atoms with Crippen molar-refractivity contribution < 1.29 is 22.0 Å². The van der Waals surface area contributed by atoms with Crippen molar-refractivity contribution in [3.8, 4) is 0 Å². The lowest BCUT2D eigenvalue weighted by Gasteiger charge is -2.16. The van der Waals surface area contributed by atoms with E-state index < -0.39 is 20.5 Å². The Labute approximate surface area is 150 Å². The lowest BCUT2D eigenvalue weighted by molar-refractivity contribution is -0.117. The Bertz CT molecular complexity index is 899. The Morgan fingerprint density at radius 3 is 2.38 bits per heavy atom. The molecule has 2 aromatic rings. The van der Waals surface area contributed by atoms with Crippen molar-refractivity contribution in [1.29, 1.82) is 0 Å². The fourth-order valence-electron chi connectivity index (χ4n) is 2.87. The summed E-state index contributed by atoms with van der Waals surface area (Å²) in [5.41, 5.74) is 1.79. The van der Waals surface area contributed by atoms with Gasteiger partial charge in [0, 0.05) is 25.2 Å². The lowest BCUT2D eigenvalue weighted by Crippen LogP contribution is -2.23. The van der Waals surface area contributed by atoms with Crippen LogP contribution in [-0.2, 0) is 21.2 Å². The molecule has 0 unspecified atom stereocenters. The van der Waals surface area contributed by atoms with Gasteiger partial charge in [-0.05, 0) is 36.2 Å². The van der Waals surface area contributed by atoms with Gasteiger partial charge in [-0.15, -0.1) is 0 Å². The first-order chi connectivity index (χ1) is 12.4. The van der Waals surface area contributed by atoms with Gasteiger partial charge in [0.1, 0.15) is 0 Å². The third-order valence-corrected chi connectivity index (χ3v) is 5.67. The summed E-state index contributed by atoms with van der Waals surface area (Å²) in [7, 11) is -4.68. The van der Waals surface area contributed by atoms with Gasteiger partial charge in [0.15, 0.2) is 0 Å². The van der Waals surface area contributed by atoms with Gasteiger partial charge in [0.25, 0.3) is 0 Å². The monoisotopic (exact) mass is 380 g/mol. The maximum absolute atomic E-state index is 12.8. The molecular formula is C18H18F2N2O3S. The number of carbonyl (C=O) groups is 1. The molecule has 2 aromatic carbocycles. The Morgan fingerprint density at radius 2 is 1.77 bits per heavy atom. The van der Waals surface area contributed by atoms with Crippen molar-refractivity contribution in [1.82, 2.24) is 0 Å². The van der Waals surface area contributed by atoms with E-state index in [1.54, 1.807) is 11.0 Å². The first kappa shape index (κ1) is 18.3. The summed E-state index contributed by atoms with van der Waals surface area (Å²) >= 11 is 0. The standard InChI is InChI=1S/C18H18F2N2O3S/c19-18(20)26(24,25)16-5-2-1-4-15(16)21-12-13-7-9-14(10-8-13)22-11-3-6-17(22)23/h1-2,4-5,7-10,18,21H,3,6,11-12H2. The normalized spacial score (nSPS) is 14.9. The molecule has 1 aliphatic rings. The van der Waals surface area contributed by atoms with E-state index in [4.69, 9.17) is 0 Å². The number of hydrogen-bond acceptors (Lipinski definition) is 4. The number of para-hydroxylation sites is 1. The summed E-state index contributed by atoms with van der Waals surface area (Å²) in [4.78, 5) is 13.1. The number of anilines is 2. The third-order valence-electron chi connectivity index (χ3n) is 4.23. The van der Waals surface area contributed by atoms with Gasteiger partial charge < -0.3 is 10.2 Å². The van der Waals surface area contributed by atoms with Crippen LogP contribution in [0.1, 0.15) is 18.4 Å². The van der Waals surface area contributed by atoms with Crippen molar-refractivity contribution >= 4 is 27.1 Å². The van der Waals surface area contributed by atoms with Crippen molar-refractivity contribution in [3.63, 3.8) is 0 Å². The molecule has 0 radical (unpaired) electrons. The number of nitrogens with one attached hydrogen (secondary N) is 1. The van der Waals surface area contributed by atoms with Crippen molar-refractivity contribution in [3.05, 3.63) is 54.1 Å². The zero-order chi connectivity index (χ0) is 18.7. The largest absolute Gasteiger partial charge is 0.380 e. The van der Waals surface area contributed by atoms with Crippen LogP contribution < -0.4 is 10.2 Å². The molecule has 5 nitrogen and oxygen atoms in total. The Hall–Kier alpha value is -2.48. The van der Waals surface area contributed by atoms with E-state index in [0.29, 0.717) is 13.0 Å². The highest BCUT2D eigenvalue weighted by molar-refractivity contribution is 7.91. The van der Waals surface area contributed by atoms with E-state index >= 15 is 0 Å². The van der Waals surface area contributed by atoms with Gasteiger partial charge in [0.2, 0.25) is 15.7 Å². The number of amides is 1. The van der Waals surface area contributed by atoms with E-state index in [-0.39, 0.29) is 18.1 Å². The minimum Gasteiger partial charge on any atom is -0.380 e. The molecule has 0 spiro atoms. The molecule has 1 fully saturated rings. The average molecular weight is 380 g/mol. The fraction of sp³-hybridized carbons (Fsp3) is 0.278. The van der Waals surface area contributed by atoms with Crippen LogP contribution in [0.4, 0.5) is 20.2 Å². The number of benzene rings is 2. The number of sulfone groups is 1. The molecule has 0 bridgehead atoms. The zero-order valence-electron chi connectivity index (χ0n) is 13.9. The van der Waals surface area contributed by atoms with Crippen molar-refractivity contribution in [2.24, 2.45) is 0 Å². The van der Waals surface area contributed by atoms with Gasteiger partial charge in [-0.25, -0.2) is 8.42 Å². The summed E-state index contributed by atoms with van der Waals surface area (Å²) in [6, 6.07) is 12.9. The second-order valence-corrected chi connectivity index (χ2v) is 7.86. The molecule has 1 amide bonds. The third kappa shape index (κ3) is 3.70. The number of rotatable bonds is 6. The maximum Gasteiger partial charge on any atom is 0.341 e. The molecular weight excluding hydrogens is 362 g/mol. The smallest absolute Gasteiger partial charge is 0.341 e. The minimum atomic E-state index is -4.68. The summed E-state index contributed by atoms with van der Waals surface area (Å²) in [6.07, 6.45) is 1.40. The van der Waals surface area contributed by atoms with E-state index in [9.17, 15) is 22.0 Å². The average Bonchev–Trinajstić information content (AvgIpc) is 3.06. The second kappa shape index (κ2) is 7.41. The van der Waals surface area contributed by atoms with Crippen molar-refractivity contribution in [2.75, 3.05) is 16.8 Å². The molecule has 0 atom stereocenters. The number of nitrogens with zero attached hydrogens (tertiary/aromatic N) is 1. The predicted octanol–water partition coefficient (Wildman–Crippen LogP) is 3.42. The van der Waals surface area contributed by atoms with Crippen LogP contribution in [0.25, 0.3) is 0 Å². The van der Waals surface area contributed by atoms with Crippen LogP contribution in [0.15, 0.2) is 53.4 Å². The molecule has 0 saturated carbocycles. The Kier molecular flexibility index (Phi) is 5.22. The number of hydrogen-bond donors (Lipinski definition) is 1. The van der Waals surface area contributed by atoms with E-state index in [1.807, 2.05) is 24.3 Å². The fourth-order valence-corrected chi connectivity index (χ4v) is 3.78. The van der Waals surface area contributed by atoms with Gasteiger partial charge in [-0.2, -0.15) is 8.78 Å². The topological polar surface area (TPSA) is 66.5 Å². The van der Waals surface area contributed by atoms with Crippen LogP contribution >= 0.6 is 0 Å². The van der Waals surface area contributed by atoms with Crippen LogP contribution in [0, 0.1) is 0 Å². The SMILES string of the molecule is O=C1CCCN1c1ccc(CNc2ccccc2S(=O)(=O)C(F)F)cc1. The number of alkyl halides is 2. The van der Waals surface area contributed by atoms with E-state index in [1.165, 1.54) is 12.1 Å². The summed E-state index contributed by atoms with van der Waals surface area (Å²) in [6.45, 7) is 0.972. The molecule has 1 N–H and O–H groups in total. The van der Waals surface area contributed by atoms with Gasteiger partial charge in [-0.3, -0.25) is 4.79 Å². The summed E-state index contributed by atoms with van der Waals surface area (Å²) in [5, 5.41) is 2.90. The molecule has 1 aliphatic heterocycles. The maximum atomic E-state index is 12.8. The lowest BCUT2D eigenvalue weighted by atomic mass is 10.2. The van der Waals surface area contributed by atoms with Crippen LogP contribution in [0.2, 0.25) is 0 Å². The molecule has 1 heterocycles. The predicted molar refractivity (Wildman–Crippen MR) is 95.0 cm³/mol. The van der Waals surface area contributed by atoms with Crippen LogP contribution in [0.3, 0.4) is 0 Å². The first-order valence-corrected chi connectivity index (χ1v) is 9.68. The van der Waals surface area contributed by atoms with Gasteiger partial charge in [-0.1, -0.05) is 24.3 Å². The molecule has 1 saturated heterocycles. The van der Waals surface area contributed by atoms with E-state index in [2.05, 4.69) is 5.32 Å². The highest BCUT2D eigenvalue weighted by Crippen LogP contribution is 2.27. The quantitative estimate of drug-likeness (QED) is 0.834. The van der Waals surface area contributed by atoms with Gasteiger partial charge in [0.05, 0.1) is 10.6 Å². The highest BCUT2D eigenvalue weighted by Gasteiger charge is 2.29. The molecule has 8 heteroatoms. The van der Waals surface area contributed by atoms with E-state index in [0.717, 1.165) is 23.7 Å². The molecule has 138 valence electrons. The first-order valence-electron chi connectivity index (χ1n) is 8.14. The molecule has 3 rings (SSSR count). The molecule has 26 heavy (non-hydrogen) atoms. The highest BCUT2D eigenvalue weighted by atomic mass is 32.2. The zero-order valence-corrected chi connectivity index (χ0v) is 14.7. The van der Waals surface area contributed by atoms with Crippen LogP contribution in [-0.4, -0.2) is 26.6 Å². The van der Waals surface area contributed by atoms with Crippen molar-refractivity contribution in [2.45, 2.75) is 30.0 Å². The minimum absolute atomic E-state index is 0.0991. The number of halogens is 2. The molecule has 0 aromatic heterocycles. The summed E-state index contributed by atoms with van der Waals surface area (Å²) in [5.74, 6) is -3.37.